The topological polar surface area (TPSA) is 66.3 Å². The summed E-state index contributed by atoms with van der Waals surface area (Å²) in [5.41, 5.74) is 1.08. The molecule has 0 bridgehead atoms. The molecular formula is C21H15F4N3O2. The maximum absolute atomic E-state index is 13.7. The maximum atomic E-state index is 13.7. The molecule has 0 unspecified atom stereocenters. The summed E-state index contributed by atoms with van der Waals surface area (Å²) in [6.07, 6.45) is -2.67. The quantitative estimate of drug-likeness (QED) is 0.628. The van der Waals surface area contributed by atoms with Gasteiger partial charge >= 0.3 is 12.1 Å². The van der Waals surface area contributed by atoms with Gasteiger partial charge in [0.25, 0.3) is 0 Å². The van der Waals surface area contributed by atoms with E-state index < -0.39 is 23.5 Å². The van der Waals surface area contributed by atoms with Crippen molar-refractivity contribution in [2.45, 2.75) is 19.0 Å². The van der Waals surface area contributed by atoms with Gasteiger partial charge in [-0.2, -0.15) is 13.2 Å². The number of benzene rings is 2. The number of anilines is 2. The highest BCUT2D eigenvalue weighted by Crippen LogP contribution is 2.35. The summed E-state index contributed by atoms with van der Waals surface area (Å²) in [7, 11) is 0. The van der Waals surface area contributed by atoms with E-state index in [0.717, 1.165) is 12.1 Å². The number of hydrogen-bond acceptors (Lipinski definition) is 4. The Bertz CT molecular complexity index is 1130. The van der Waals surface area contributed by atoms with Gasteiger partial charge in [-0.15, -0.1) is 0 Å². The van der Waals surface area contributed by atoms with Crippen LogP contribution in [0, 0.1) is 5.82 Å². The van der Waals surface area contributed by atoms with Crippen LogP contribution in [0.1, 0.15) is 32.7 Å². The van der Waals surface area contributed by atoms with E-state index in [2.05, 4.69) is 9.97 Å². The van der Waals surface area contributed by atoms with E-state index in [-0.39, 0.29) is 17.5 Å². The fourth-order valence-corrected chi connectivity index (χ4v) is 3.58. The first-order valence-electron chi connectivity index (χ1n) is 9.03. The highest BCUT2D eigenvalue weighted by atomic mass is 19.4. The van der Waals surface area contributed by atoms with Crippen LogP contribution in [0.5, 0.6) is 0 Å². The molecule has 0 spiro atoms. The molecule has 9 heteroatoms. The Morgan fingerprint density at radius 3 is 2.70 bits per heavy atom. The Morgan fingerprint density at radius 1 is 1.17 bits per heavy atom. The molecule has 0 atom stereocenters. The van der Waals surface area contributed by atoms with Crippen molar-refractivity contribution in [3.05, 3.63) is 82.4 Å². The summed E-state index contributed by atoms with van der Waals surface area (Å²) in [5, 5.41) is 9.36. The number of hydrogen-bond donors (Lipinski definition) is 1. The number of carboxylic acid groups (broad SMARTS) is 1. The Morgan fingerprint density at radius 2 is 1.97 bits per heavy atom. The van der Waals surface area contributed by atoms with Gasteiger partial charge in [-0.1, -0.05) is 6.07 Å². The molecule has 0 aliphatic carbocycles. The zero-order valence-corrected chi connectivity index (χ0v) is 15.4. The number of rotatable bonds is 4. The van der Waals surface area contributed by atoms with Gasteiger partial charge in [0, 0.05) is 24.8 Å². The largest absolute Gasteiger partial charge is 0.478 e. The monoisotopic (exact) mass is 417 g/mol. The van der Waals surface area contributed by atoms with Crippen molar-refractivity contribution in [1.29, 1.82) is 0 Å². The lowest BCUT2D eigenvalue weighted by atomic mass is 10.1. The van der Waals surface area contributed by atoms with Crippen LogP contribution in [0.15, 0.2) is 48.7 Å². The van der Waals surface area contributed by atoms with Crippen molar-refractivity contribution < 1.29 is 27.5 Å². The molecule has 154 valence electrons. The first-order chi connectivity index (χ1) is 14.2. The van der Waals surface area contributed by atoms with Crippen molar-refractivity contribution in [1.82, 2.24) is 9.97 Å². The van der Waals surface area contributed by atoms with Crippen LogP contribution in [0.2, 0.25) is 0 Å². The predicted molar refractivity (Wildman–Crippen MR) is 100 cm³/mol. The molecule has 1 aliphatic heterocycles. The van der Waals surface area contributed by atoms with Gasteiger partial charge in [-0.05, 0) is 53.9 Å². The number of alkyl halides is 3. The van der Waals surface area contributed by atoms with Gasteiger partial charge in [0.2, 0.25) is 5.95 Å². The first kappa shape index (κ1) is 19.8. The fraction of sp³-hybridized carbons (Fsp3) is 0.190. The van der Waals surface area contributed by atoms with Crippen LogP contribution in [-0.4, -0.2) is 27.6 Å². The molecule has 2 aromatic carbocycles. The average Bonchev–Trinajstić information content (AvgIpc) is 3.11. The number of fused-ring (bicyclic) bond motifs is 1. The minimum atomic E-state index is -4.64. The molecule has 0 amide bonds. The molecule has 2 heterocycles. The predicted octanol–water partition coefficient (Wildman–Crippen LogP) is 4.62. The Kier molecular flexibility index (Phi) is 4.89. The molecule has 1 aliphatic rings. The van der Waals surface area contributed by atoms with Crippen LogP contribution in [0.25, 0.3) is 0 Å². The summed E-state index contributed by atoms with van der Waals surface area (Å²) in [6, 6.07) is 8.88. The minimum Gasteiger partial charge on any atom is -0.478 e. The highest BCUT2D eigenvalue weighted by Gasteiger charge is 2.31. The van der Waals surface area contributed by atoms with Gasteiger partial charge in [-0.3, -0.25) is 0 Å². The number of aromatic nitrogens is 2. The lowest BCUT2D eigenvalue weighted by Gasteiger charge is -2.18. The minimum absolute atomic E-state index is 0.00772. The smallest absolute Gasteiger partial charge is 0.416 e. The van der Waals surface area contributed by atoms with Gasteiger partial charge in [0.15, 0.2) is 0 Å². The molecule has 0 radical (unpaired) electrons. The van der Waals surface area contributed by atoms with Gasteiger partial charge in [-0.25, -0.2) is 19.2 Å². The van der Waals surface area contributed by atoms with Crippen LogP contribution >= 0.6 is 0 Å². The highest BCUT2D eigenvalue weighted by molar-refractivity contribution is 5.92. The van der Waals surface area contributed by atoms with Gasteiger partial charge in [0.1, 0.15) is 5.82 Å². The van der Waals surface area contributed by atoms with E-state index in [0.29, 0.717) is 41.9 Å². The number of aromatic carboxylic acids is 1. The van der Waals surface area contributed by atoms with Crippen LogP contribution < -0.4 is 4.90 Å². The first-order valence-corrected chi connectivity index (χ1v) is 9.03. The number of nitrogens with zero attached hydrogens (tertiary/aromatic N) is 3. The van der Waals surface area contributed by atoms with E-state index in [1.807, 2.05) is 0 Å². The molecule has 4 rings (SSSR count). The van der Waals surface area contributed by atoms with Gasteiger partial charge in [0.05, 0.1) is 16.8 Å². The van der Waals surface area contributed by atoms with Crippen molar-refractivity contribution in [2.24, 2.45) is 0 Å². The van der Waals surface area contributed by atoms with E-state index in [4.69, 9.17) is 0 Å². The third-order valence-corrected chi connectivity index (χ3v) is 4.87. The molecule has 1 aromatic heterocycles. The van der Waals surface area contributed by atoms with Crippen molar-refractivity contribution in [3.63, 3.8) is 0 Å². The Labute approximate surface area is 168 Å². The van der Waals surface area contributed by atoms with Crippen molar-refractivity contribution >= 4 is 17.6 Å². The van der Waals surface area contributed by atoms with E-state index in [1.54, 1.807) is 23.1 Å². The molecule has 30 heavy (non-hydrogen) atoms. The third-order valence-electron chi connectivity index (χ3n) is 4.87. The second-order valence-electron chi connectivity index (χ2n) is 6.88. The second kappa shape index (κ2) is 7.40. The zero-order valence-electron chi connectivity index (χ0n) is 15.4. The standard InChI is InChI=1S/C21H15F4N3O2/c22-14-9-12(8-13(11-14)21(23,24)25)10-15-4-6-26-20(27-15)28-7-5-16-17(19(29)30)2-1-3-18(16)28/h1-4,6,8-9,11H,5,7,10H2,(H,29,30). The second-order valence-corrected chi connectivity index (χ2v) is 6.88. The van der Waals surface area contributed by atoms with Crippen LogP contribution in [-0.2, 0) is 19.0 Å². The normalized spacial score (nSPS) is 13.4. The number of carbonyl (C=O) groups is 1. The van der Waals surface area contributed by atoms with Gasteiger partial charge < -0.3 is 10.0 Å². The molecule has 3 aromatic rings. The van der Waals surface area contributed by atoms with Crippen LogP contribution in [0.3, 0.4) is 0 Å². The van der Waals surface area contributed by atoms with E-state index >= 15 is 0 Å². The number of carboxylic acids is 1. The SMILES string of the molecule is O=C(O)c1cccc2c1CCN2c1nccc(Cc2cc(F)cc(C(F)(F)F)c2)n1. The summed E-state index contributed by atoms with van der Waals surface area (Å²) in [5.74, 6) is -1.68. The average molecular weight is 417 g/mol. The maximum Gasteiger partial charge on any atom is 0.416 e. The molecule has 0 fully saturated rings. The van der Waals surface area contributed by atoms with Crippen molar-refractivity contribution in [3.8, 4) is 0 Å². The Balaban J connectivity index is 1.64. The molecular weight excluding hydrogens is 402 g/mol. The molecule has 0 saturated heterocycles. The lowest BCUT2D eigenvalue weighted by Crippen LogP contribution is -2.17. The summed E-state index contributed by atoms with van der Waals surface area (Å²) in [6.45, 7) is 0.473. The van der Waals surface area contributed by atoms with E-state index in [1.165, 1.54) is 12.3 Å². The van der Waals surface area contributed by atoms with E-state index in [9.17, 15) is 27.5 Å². The Hall–Kier alpha value is -3.49. The fourth-order valence-electron chi connectivity index (χ4n) is 3.58. The summed E-state index contributed by atoms with van der Waals surface area (Å²) >= 11 is 0. The van der Waals surface area contributed by atoms with Crippen LogP contribution in [0.4, 0.5) is 29.2 Å². The third kappa shape index (κ3) is 3.83. The molecule has 5 nitrogen and oxygen atoms in total. The lowest BCUT2D eigenvalue weighted by molar-refractivity contribution is -0.137. The summed E-state index contributed by atoms with van der Waals surface area (Å²) < 4.78 is 52.5. The summed E-state index contributed by atoms with van der Waals surface area (Å²) in [4.78, 5) is 21.8. The molecule has 1 N–H and O–H groups in total. The van der Waals surface area contributed by atoms with Crippen molar-refractivity contribution in [2.75, 3.05) is 11.4 Å². The molecule has 0 saturated carbocycles. The zero-order chi connectivity index (χ0) is 21.5. The number of halogens is 4.